The minimum absolute atomic E-state index is 0.0347. The van der Waals surface area contributed by atoms with Gasteiger partial charge in [-0.25, -0.2) is 0 Å². The molecule has 0 aliphatic carbocycles. The van der Waals surface area contributed by atoms with E-state index in [1.54, 1.807) is 17.9 Å². The Balaban J connectivity index is 2.73. The van der Waals surface area contributed by atoms with Gasteiger partial charge in [0.05, 0.1) is 19.2 Å². The quantitative estimate of drug-likeness (QED) is 0.742. The normalized spacial score (nSPS) is 10.5. The van der Waals surface area contributed by atoms with Crippen molar-refractivity contribution in [3.8, 4) is 0 Å². The largest absolute Gasteiger partial charge is 0.469 e. The van der Waals surface area contributed by atoms with Gasteiger partial charge in [0.1, 0.15) is 0 Å². The average Bonchev–Trinajstić information content (AvgIpc) is 2.75. The molecule has 1 amide bonds. The Labute approximate surface area is 106 Å². The standard InChI is InChI=1S/C12H18N2O4/c1-8(2)14(6-5-11(15)17-4)12(16)10-7-9(3)13-18-10/h7-8H,5-6H2,1-4H3. The number of rotatable bonds is 5. The molecule has 0 atom stereocenters. The summed E-state index contributed by atoms with van der Waals surface area (Å²) in [6.45, 7) is 5.79. The van der Waals surface area contributed by atoms with Crippen LogP contribution in [-0.2, 0) is 9.53 Å². The van der Waals surface area contributed by atoms with Gasteiger partial charge in [-0.2, -0.15) is 0 Å². The summed E-state index contributed by atoms with van der Waals surface area (Å²) in [5, 5.41) is 3.68. The zero-order valence-electron chi connectivity index (χ0n) is 11.1. The lowest BCUT2D eigenvalue weighted by molar-refractivity contribution is -0.140. The number of hydrogen-bond acceptors (Lipinski definition) is 5. The van der Waals surface area contributed by atoms with Crippen LogP contribution < -0.4 is 0 Å². The van der Waals surface area contributed by atoms with E-state index in [-0.39, 0.29) is 30.1 Å². The Bertz CT molecular complexity index is 425. The molecule has 0 saturated carbocycles. The fourth-order valence-corrected chi connectivity index (χ4v) is 1.51. The van der Waals surface area contributed by atoms with E-state index in [1.807, 2.05) is 13.8 Å². The van der Waals surface area contributed by atoms with E-state index in [4.69, 9.17) is 4.52 Å². The number of aryl methyl sites for hydroxylation is 1. The first kappa shape index (κ1) is 14.2. The fraction of sp³-hybridized carbons (Fsp3) is 0.583. The van der Waals surface area contributed by atoms with Gasteiger partial charge in [0.2, 0.25) is 5.76 Å². The third-order valence-electron chi connectivity index (χ3n) is 2.51. The van der Waals surface area contributed by atoms with Gasteiger partial charge in [-0.1, -0.05) is 5.16 Å². The van der Waals surface area contributed by atoms with Gasteiger partial charge >= 0.3 is 5.97 Å². The molecule has 1 aromatic heterocycles. The molecule has 0 aliphatic rings. The first-order chi connectivity index (χ1) is 8.45. The van der Waals surface area contributed by atoms with Crippen LogP contribution in [0.15, 0.2) is 10.6 Å². The first-order valence-corrected chi connectivity index (χ1v) is 5.76. The number of ether oxygens (including phenoxy) is 1. The minimum atomic E-state index is -0.345. The Morgan fingerprint density at radius 2 is 2.17 bits per heavy atom. The maximum atomic E-state index is 12.1. The summed E-state index contributed by atoms with van der Waals surface area (Å²) < 4.78 is 9.49. The van der Waals surface area contributed by atoms with Gasteiger partial charge in [0, 0.05) is 18.7 Å². The monoisotopic (exact) mass is 254 g/mol. The summed E-state index contributed by atoms with van der Waals surface area (Å²) in [7, 11) is 1.32. The number of esters is 1. The molecule has 6 heteroatoms. The summed E-state index contributed by atoms with van der Waals surface area (Å²) >= 11 is 0. The molecular formula is C12H18N2O4. The lowest BCUT2D eigenvalue weighted by Crippen LogP contribution is -2.38. The third kappa shape index (κ3) is 3.58. The van der Waals surface area contributed by atoms with E-state index in [0.29, 0.717) is 12.2 Å². The lowest BCUT2D eigenvalue weighted by atomic mass is 10.2. The van der Waals surface area contributed by atoms with E-state index in [0.717, 1.165) is 0 Å². The Morgan fingerprint density at radius 3 is 2.61 bits per heavy atom. The van der Waals surface area contributed by atoms with Crippen LogP contribution in [0.3, 0.4) is 0 Å². The number of carbonyl (C=O) groups excluding carboxylic acids is 2. The lowest BCUT2D eigenvalue weighted by Gasteiger charge is -2.24. The Morgan fingerprint density at radius 1 is 1.50 bits per heavy atom. The number of carbonyl (C=O) groups is 2. The van der Waals surface area contributed by atoms with Crippen molar-refractivity contribution >= 4 is 11.9 Å². The summed E-state index contributed by atoms with van der Waals surface area (Å²) in [5.41, 5.74) is 0.648. The van der Waals surface area contributed by atoms with Crippen molar-refractivity contribution in [3.63, 3.8) is 0 Å². The molecule has 18 heavy (non-hydrogen) atoms. The van der Waals surface area contributed by atoms with Crippen LogP contribution in [0.1, 0.15) is 36.5 Å². The highest BCUT2D eigenvalue weighted by atomic mass is 16.5. The van der Waals surface area contributed by atoms with Crippen molar-refractivity contribution in [2.75, 3.05) is 13.7 Å². The van der Waals surface area contributed by atoms with Gasteiger partial charge < -0.3 is 14.2 Å². The molecule has 6 nitrogen and oxygen atoms in total. The van der Waals surface area contributed by atoms with E-state index >= 15 is 0 Å². The molecule has 0 fully saturated rings. The van der Waals surface area contributed by atoms with Crippen LogP contribution in [0.5, 0.6) is 0 Å². The molecule has 1 rings (SSSR count). The Kier molecular flexibility index (Phi) is 4.88. The third-order valence-corrected chi connectivity index (χ3v) is 2.51. The zero-order chi connectivity index (χ0) is 13.7. The van der Waals surface area contributed by atoms with Crippen LogP contribution in [0, 0.1) is 6.92 Å². The number of amides is 1. The number of methoxy groups -OCH3 is 1. The molecule has 0 unspecified atom stereocenters. The van der Waals surface area contributed by atoms with Crippen LogP contribution in [0.4, 0.5) is 0 Å². The van der Waals surface area contributed by atoms with Crippen molar-refractivity contribution in [1.29, 1.82) is 0 Å². The molecule has 0 aromatic carbocycles. The highest BCUT2D eigenvalue weighted by Gasteiger charge is 2.23. The van der Waals surface area contributed by atoms with E-state index in [1.165, 1.54) is 7.11 Å². The smallest absolute Gasteiger partial charge is 0.307 e. The number of hydrogen-bond donors (Lipinski definition) is 0. The number of aromatic nitrogens is 1. The average molecular weight is 254 g/mol. The molecule has 0 N–H and O–H groups in total. The molecule has 0 radical (unpaired) electrons. The van der Waals surface area contributed by atoms with Gasteiger partial charge in [-0.05, 0) is 20.8 Å². The van der Waals surface area contributed by atoms with Crippen LogP contribution >= 0.6 is 0 Å². The van der Waals surface area contributed by atoms with Crippen molar-refractivity contribution in [2.24, 2.45) is 0 Å². The maximum absolute atomic E-state index is 12.1. The van der Waals surface area contributed by atoms with Crippen LogP contribution in [0.25, 0.3) is 0 Å². The SMILES string of the molecule is COC(=O)CCN(C(=O)c1cc(C)no1)C(C)C. The van der Waals surface area contributed by atoms with E-state index < -0.39 is 0 Å². The molecular weight excluding hydrogens is 236 g/mol. The fourth-order valence-electron chi connectivity index (χ4n) is 1.51. The minimum Gasteiger partial charge on any atom is -0.469 e. The van der Waals surface area contributed by atoms with Gasteiger partial charge in [0.25, 0.3) is 5.91 Å². The predicted octanol–water partition coefficient (Wildman–Crippen LogP) is 1.40. The van der Waals surface area contributed by atoms with Crippen molar-refractivity contribution in [2.45, 2.75) is 33.2 Å². The summed E-state index contributed by atoms with van der Waals surface area (Å²) in [6.07, 6.45) is 0.160. The van der Waals surface area contributed by atoms with Crippen molar-refractivity contribution < 1.29 is 18.8 Å². The van der Waals surface area contributed by atoms with E-state index in [2.05, 4.69) is 9.89 Å². The maximum Gasteiger partial charge on any atom is 0.307 e. The molecule has 100 valence electrons. The van der Waals surface area contributed by atoms with Crippen LogP contribution in [0.2, 0.25) is 0 Å². The second-order valence-corrected chi connectivity index (χ2v) is 4.25. The van der Waals surface area contributed by atoms with E-state index in [9.17, 15) is 9.59 Å². The van der Waals surface area contributed by atoms with Crippen molar-refractivity contribution in [1.82, 2.24) is 10.1 Å². The topological polar surface area (TPSA) is 72.6 Å². The molecule has 0 bridgehead atoms. The van der Waals surface area contributed by atoms with Crippen LogP contribution in [-0.4, -0.2) is 41.6 Å². The molecule has 1 heterocycles. The van der Waals surface area contributed by atoms with Gasteiger partial charge in [-0.15, -0.1) is 0 Å². The zero-order valence-corrected chi connectivity index (χ0v) is 11.1. The summed E-state index contributed by atoms with van der Waals surface area (Å²) in [4.78, 5) is 24.8. The van der Waals surface area contributed by atoms with Crippen molar-refractivity contribution in [3.05, 3.63) is 17.5 Å². The second-order valence-electron chi connectivity index (χ2n) is 4.25. The first-order valence-electron chi connectivity index (χ1n) is 5.76. The summed E-state index contributed by atoms with van der Waals surface area (Å²) in [6, 6.07) is 1.54. The summed E-state index contributed by atoms with van der Waals surface area (Å²) in [5.74, 6) is -0.428. The molecule has 0 aliphatic heterocycles. The highest BCUT2D eigenvalue weighted by molar-refractivity contribution is 5.91. The molecule has 0 spiro atoms. The highest BCUT2D eigenvalue weighted by Crippen LogP contribution is 2.10. The number of nitrogens with zero attached hydrogens (tertiary/aromatic N) is 2. The molecule has 1 aromatic rings. The van der Waals surface area contributed by atoms with Gasteiger partial charge in [0.15, 0.2) is 0 Å². The second kappa shape index (κ2) is 6.18. The van der Waals surface area contributed by atoms with Gasteiger partial charge in [-0.3, -0.25) is 9.59 Å². The predicted molar refractivity (Wildman–Crippen MR) is 64.0 cm³/mol. The molecule has 0 saturated heterocycles. The Hall–Kier alpha value is -1.85.